The summed E-state index contributed by atoms with van der Waals surface area (Å²) in [5, 5.41) is 6.96. The number of hydrogen-bond acceptors (Lipinski definition) is 3. The number of nitrogens with one attached hydrogen (secondary N) is 2. The molecule has 2 N–H and O–H groups in total. The molecule has 1 aromatic rings. The molecule has 1 heterocycles. The van der Waals surface area contributed by atoms with Crippen LogP contribution in [-0.2, 0) is 11.3 Å². The SMILES string of the molecule is COCC(C)NC(=S)NCc1ccncc1C. The summed E-state index contributed by atoms with van der Waals surface area (Å²) in [6.07, 6.45) is 3.63. The Kier molecular flexibility index (Phi) is 5.86. The van der Waals surface area contributed by atoms with Crippen LogP contribution in [-0.4, -0.2) is 29.9 Å². The van der Waals surface area contributed by atoms with Gasteiger partial charge in [-0.05, 0) is 43.3 Å². The summed E-state index contributed by atoms with van der Waals surface area (Å²) >= 11 is 5.19. The molecule has 0 spiro atoms. The number of thiocarbonyl (C=S) groups is 1. The first-order valence-corrected chi connectivity index (χ1v) is 5.97. The highest BCUT2D eigenvalue weighted by molar-refractivity contribution is 7.80. The predicted octanol–water partition coefficient (Wildman–Crippen LogP) is 1.39. The molecule has 0 bridgehead atoms. The minimum absolute atomic E-state index is 0.207. The third kappa shape index (κ3) is 5.10. The zero-order valence-corrected chi connectivity index (χ0v) is 11.3. The van der Waals surface area contributed by atoms with Crippen molar-refractivity contribution < 1.29 is 4.74 Å². The summed E-state index contributed by atoms with van der Waals surface area (Å²) in [6.45, 7) is 5.40. The lowest BCUT2D eigenvalue weighted by atomic mass is 10.1. The van der Waals surface area contributed by atoms with E-state index in [0.717, 1.165) is 5.56 Å². The summed E-state index contributed by atoms with van der Waals surface area (Å²) in [7, 11) is 1.68. The molecule has 0 radical (unpaired) electrons. The number of ether oxygens (including phenoxy) is 1. The highest BCUT2D eigenvalue weighted by Crippen LogP contribution is 2.03. The van der Waals surface area contributed by atoms with Crippen LogP contribution in [0, 0.1) is 6.92 Å². The molecule has 94 valence electrons. The quantitative estimate of drug-likeness (QED) is 0.777. The molecule has 0 saturated carbocycles. The van der Waals surface area contributed by atoms with Gasteiger partial charge in [-0.25, -0.2) is 0 Å². The Bertz CT molecular complexity index is 371. The number of aryl methyl sites for hydroxylation is 1. The van der Waals surface area contributed by atoms with Gasteiger partial charge in [0.15, 0.2) is 5.11 Å². The lowest BCUT2D eigenvalue weighted by Gasteiger charge is -2.16. The van der Waals surface area contributed by atoms with Gasteiger partial charge in [-0.1, -0.05) is 0 Å². The second kappa shape index (κ2) is 7.19. The first-order valence-electron chi connectivity index (χ1n) is 5.56. The second-order valence-corrected chi connectivity index (χ2v) is 4.39. The number of aromatic nitrogens is 1. The fraction of sp³-hybridized carbons (Fsp3) is 0.500. The minimum atomic E-state index is 0.207. The Hall–Kier alpha value is -1.20. The zero-order valence-electron chi connectivity index (χ0n) is 10.5. The number of nitrogens with zero attached hydrogens (tertiary/aromatic N) is 1. The van der Waals surface area contributed by atoms with Crippen LogP contribution >= 0.6 is 12.2 Å². The maximum Gasteiger partial charge on any atom is 0.166 e. The predicted molar refractivity (Wildman–Crippen MR) is 72.9 cm³/mol. The molecule has 4 nitrogen and oxygen atoms in total. The van der Waals surface area contributed by atoms with Gasteiger partial charge in [-0.3, -0.25) is 4.98 Å². The maximum atomic E-state index is 5.19. The number of hydrogen-bond donors (Lipinski definition) is 2. The van der Waals surface area contributed by atoms with Gasteiger partial charge in [0.25, 0.3) is 0 Å². The highest BCUT2D eigenvalue weighted by Gasteiger charge is 2.03. The standard InChI is InChI=1S/C12H19N3OS/c1-9-6-13-5-4-11(9)7-14-12(17)15-10(2)8-16-3/h4-6,10H,7-8H2,1-3H3,(H2,14,15,17). The molecule has 0 aliphatic heterocycles. The molecule has 0 aromatic carbocycles. The van der Waals surface area contributed by atoms with Gasteiger partial charge in [0.2, 0.25) is 0 Å². The van der Waals surface area contributed by atoms with Crippen molar-refractivity contribution in [2.75, 3.05) is 13.7 Å². The van der Waals surface area contributed by atoms with Crippen molar-refractivity contribution in [3.63, 3.8) is 0 Å². The van der Waals surface area contributed by atoms with Crippen molar-refractivity contribution in [3.8, 4) is 0 Å². The molecule has 0 fully saturated rings. The summed E-state index contributed by atoms with van der Waals surface area (Å²) in [4.78, 5) is 4.05. The molecule has 5 heteroatoms. The molecular formula is C12H19N3OS. The Labute approximate surface area is 108 Å². The molecule has 0 aliphatic carbocycles. The van der Waals surface area contributed by atoms with E-state index in [0.29, 0.717) is 18.3 Å². The van der Waals surface area contributed by atoms with Crippen molar-refractivity contribution in [2.45, 2.75) is 26.4 Å². The zero-order chi connectivity index (χ0) is 12.7. The van der Waals surface area contributed by atoms with E-state index in [1.807, 2.05) is 26.1 Å². The Morgan fingerprint density at radius 3 is 3.00 bits per heavy atom. The molecular weight excluding hydrogens is 234 g/mol. The summed E-state index contributed by atoms with van der Waals surface area (Å²) < 4.78 is 5.03. The highest BCUT2D eigenvalue weighted by atomic mass is 32.1. The topological polar surface area (TPSA) is 46.2 Å². The van der Waals surface area contributed by atoms with E-state index >= 15 is 0 Å². The van der Waals surface area contributed by atoms with Crippen LogP contribution in [0.1, 0.15) is 18.1 Å². The van der Waals surface area contributed by atoms with Gasteiger partial charge in [0.1, 0.15) is 0 Å². The van der Waals surface area contributed by atoms with E-state index in [-0.39, 0.29) is 6.04 Å². The van der Waals surface area contributed by atoms with Gasteiger partial charge >= 0.3 is 0 Å². The average Bonchev–Trinajstić information content (AvgIpc) is 2.28. The largest absolute Gasteiger partial charge is 0.383 e. The molecule has 0 aliphatic rings. The van der Waals surface area contributed by atoms with E-state index in [1.54, 1.807) is 13.3 Å². The summed E-state index contributed by atoms with van der Waals surface area (Å²) in [6, 6.07) is 2.20. The van der Waals surface area contributed by atoms with Crippen LogP contribution in [0.3, 0.4) is 0 Å². The van der Waals surface area contributed by atoms with Crippen LogP contribution in [0.5, 0.6) is 0 Å². The molecule has 1 rings (SSSR count). The molecule has 17 heavy (non-hydrogen) atoms. The third-order valence-corrected chi connectivity index (χ3v) is 2.63. The molecule has 0 amide bonds. The average molecular weight is 253 g/mol. The smallest absolute Gasteiger partial charge is 0.166 e. The number of rotatable bonds is 5. The molecule has 1 unspecified atom stereocenters. The lowest BCUT2D eigenvalue weighted by Crippen LogP contribution is -2.42. The Morgan fingerprint density at radius 2 is 2.35 bits per heavy atom. The lowest BCUT2D eigenvalue weighted by molar-refractivity contribution is 0.179. The van der Waals surface area contributed by atoms with Gasteiger partial charge < -0.3 is 15.4 Å². The van der Waals surface area contributed by atoms with E-state index in [1.165, 1.54) is 5.56 Å². The van der Waals surface area contributed by atoms with Gasteiger partial charge in [0, 0.05) is 32.1 Å². The maximum absolute atomic E-state index is 5.19. The number of pyridine rings is 1. The second-order valence-electron chi connectivity index (χ2n) is 3.99. The van der Waals surface area contributed by atoms with Crippen LogP contribution < -0.4 is 10.6 Å². The Balaban J connectivity index is 2.36. The van der Waals surface area contributed by atoms with E-state index in [4.69, 9.17) is 17.0 Å². The normalized spacial score (nSPS) is 11.9. The first-order chi connectivity index (χ1) is 8.13. The minimum Gasteiger partial charge on any atom is -0.383 e. The Morgan fingerprint density at radius 1 is 1.59 bits per heavy atom. The molecule has 1 aromatic heterocycles. The first kappa shape index (κ1) is 13.9. The molecule has 0 saturated heterocycles. The fourth-order valence-electron chi connectivity index (χ4n) is 1.44. The van der Waals surface area contributed by atoms with Gasteiger partial charge in [-0.2, -0.15) is 0 Å². The fourth-order valence-corrected chi connectivity index (χ4v) is 1.72. The summed E-state index contributed by atoms with van der Waals surface area (Å²) in [5.41, 5.74) is 2.36. The van der Waals surface area contributed by atoms with Crippen molar-refractivity contribution in [1.29, 1.82) is 0 Å². The third-order valence-electron chi connectivity index (χ3n) is 2.37. The molecule has 1 atom stereocenters. The summed E-state index contributed by atoms with van der Waals surface area (Å²) in [5.74, 6) is 0. The van der Waals surface area contributed by atoms with Crippen LogP contribution in [0.2, 0.25) is 0 Å². The van der Waals surface area contributed by atoms with Crippen molar-refractivity contribution in [2.24, 2.45) is 0 Å². The van der Waals surface area contributed by atoms with Crippen molar-refractivity contribution >= 4 is 17.3 Å². The van der Waals surface area contributed by atoms with Crippen LogP contribution in [0.15, 0.2) is 18.5 Å². The monoisotopic (exact) mass is 253 g/mol. The van der Waals surface area contributed by atoms with E-state index in [9.17, 15) is 0 Å². The van der Waals surface area contributed by atoms with Crippen molar-refractivity contribution in [3.05, 3.63) is 29.6 Å². The van der Waals surface area contributed by atoms with Crippen LogP contribution in [0.25, 0.3) is 0 Å². The van der Waals surface area contributed by atoms with Gasteiger partial charge in [0.05, 0.1) is 6.61 Å². The van der Waals surface area contributed by atoms with E-state index < -0.39 is 0 Å². The van der Waals surface area contributed by atoms with Crippen LogP contribution in [0.4, 0.5) is 0 Å². The van der Waals surface area contributed by atoms with Gasteiger partial charge in [-0.15, -0.1) is 0 Å². The number of methoxy groups -OCH3 is 1. The van der Waals surface area contributed by atoms with E-state index in [2.05, 4.69) is 15.6 Å². The van der Waals surface area contributed by atoms with Crippen molar-refractivity contribution in [1.82, 2.24) is 15.6 Å².